The number of benzene rings is 2. The smallest absolute Gasteiger partial charge is 0.254 e. The van der Waals surface area contributed by atoms with Gasteiger partial charge in [-0.15, -0.1) is 16.8 Å². The monoisotopic (exact) mass is 491 g/mol. The predicted molar refractivity (Wildman–Crippen MR) is 123 cm³/mol. The van der Waals surface area contributed by atoms with Crippen LogP contribution in [-0.2, 0) is 17.8 Å². The maximum Gasteiger partial charge on any atom is 0.254 e. The van der Waals surface area contributed by atoms with E-state index in [9.17, 15) is 18.4 Å². The van der Waals surface area contributed by atoms with E-state index in [4.69, 9.17) is 11.6 Å². The number of halogens is 3. The number of carbonyl (C=O) groups is 2. The Morgan fingerprint density at radius 2 is 1.94 bits per heavy atom. The summed E-state index contributed by atoms with van der Waals surface area (Å²) >= 11 is 6.89. The number of nitrogens with zero attached hydrogens (tertiary/aromatic N) is 3. The lowest BCUT2D eigenvalue weighted by molar-refractivity contribution is -0.113. The fourth-order valence-corrected chi connectivity index (χ4v) is 3.80. The van der Waals surface area contributed by atoms with Crippen molar-refractivity contribution < 1.29 is 18.4 Å². The molecule has 0 atom stereocenters. The number of nitrogens with one attached hydrogen (secondary N) is 2. The van der Waals surface area contributed by atoms with Crippen molar-refractivity contribution in [3.63, 3.8) is 0 Å². The number of hydrogen-bond acceptors (Lipinski definition) is 5. The number of hydrogen-bond donors (Lipinski definition) is 2. The summed E-state index contributed by atoms with van der Waals surface area (Å²) in [6, 6.07) is 9.64. The zero-order valence-corrected chi connectivity index (χ0v) is 18.9. The average Bonchev–Trinajstić information content (AvgIpc) is 3.17. The number of rotatable bonds is 10. The summed E-state index contributed by atoms with van der Waals surface area (Å²) in [5.74, 6) is -1.39. The van der Waals surface area contributed by atoms with Crippen molar-refractivity contribution in [2.24, 2.45) is 0 Å². The van der Waals surface area contributed by atoms with Crippen LogP contribution in [0.4, 0.5) is 14.5 Å². The van der Waals surface area contributed by atoms with E-state index in [1.165, 1.54) is 48.2 Å². The Kier molecular flexibility index (Phi) is 8.56. The van der Waals surface area contributed by atoms with Gasteiger partial charge in [-0.2, -0.15) is 0 Å². The number of aromatic nitrogens is 3. The Morgan fingerprint density at radius 3 is 2.67 bits per heavy atom. The molecule has 0 aliphatic carbocycles. The van der Waals surface area contributed by atoms with Crippen molar-refractivity contribution in [3.05, 3.63) is 83.2 Å². The fraction of sp³-hybridized carbons (Fsp3) is 0.182. The molecule has 11 heteroatoms. The van der Waals surface area contributed by atoms with Crippen LogP contribution >= 0.6 is 23.4 Å². The second-order valence-electron chi connectivity index (χ2n) is 6.75. The Hall–Kier alpha value is -3.24. The molecular weight excluding hydrogens is 472 g/mol. The van der Waals surface area contributed by atoms with E-state index in [-0.39, 0.29) is 28.8 Å². The Balaban J connectivity index is 1.56. The van der Waals surface area contributed by atoms with Crippen molar-refractivity contribution in [2.75, 3.05) is 17.6 Å². The quantitative estimate of drug-likeness (QED) is 0.329. The van der Waals surface area contributed by atoms with Crippen molar-refractivity contribution in [3.8, 4) is 0 Å². The topological polar surface area (TPSA) is 88.9 Å². The van der Waals surface area contributed by atoms with Gasteiger partial charge < -0.3 is 15.2 Å². The summed E-state index contributed by atoms with van der Waals surface area (Å²) in [5.41, 5.74) is 0.348. The summed E-state index contributed by atoms with van der Waals surface area (Å²) < 4.78 is 28.7. The predicted octanol–water partition coefficient (Wildman–Crippen LogP) is 4.10. The zero-order chi connectivity index (χ0) is 23.8. The number of amides is 2. The molecule has 0 aliphatic heterocycles. The molecule has 2 N–H and O–H groups in total. The second kappa shape index (κ2) is 11.6. The largest absolute Gasteiger partial charge is 0.351 e. The van der Waals surface area contributed by atoms with Crippen molar-refractivity contribution in [1.82, 2.24) is 20.1 Å². The van der Waals surface area contributed by atoms with Gasteiger partial charge in [0.25, 0.3) is 5.91 Å². The van der Waals surface area contributed by atoms with Crippen LogP contribution in [0.15, 0.2) is 60.3 Å². The third kappa shape index (κ3) is 6.62. The number of thioether (sulfide) groups is 1. The maximum absolute atomic E-state index is 13.7. The van der Waals surface area contributed by atoms with Gasteiger partial charge in [-0.25, -0.2) is 8.78 Å². The van der Waals surface area contributed by atoms with Crippen LogP contribution in [0.25, 0.3) is 0 Å². The van der Waals surface area contributed by atoms with Crippen LogP contribution in [0.3, 0.4) is 0 Å². The zero-order valence-electron chi connectivity index (χ0n) is 17.4. The minimum Gasteiger partial charge on any atom is -0.351 e. The lowest BCUT2D eigenvalue weighted by Gasteiger charge is -2.09. The summed E-state index contributed by atoms with van der Waals surface area (Å²) in [6.07, 6.45) is 2.01. The molecule has 0 saturated carbocycles. The summed E-state index contributed by atoms with van der Waals surface area (Å²) in [4.78, 5) is 24.4. The van der Waals surface area contributed by atoms with Crippen molar-refractivity contribution in [2.45, 2.75) is 18.1 Å². The summed E-state index contributed by atoms with van der Waals surface area (Å²) in [5, 5.41) is 14.0. The van der Waals surface area contributed by atoms with Gasteiger partial charge in [-0.05, 0) is 30.3 Å². The van der Waals surface area contributed by atoms with Gasteiger partial charge in [-0.3, -0.25) is 9.59 Å². The molecule has 0 saturated heterocycles. The summed E-state index contributed by atoms with van der Waals surface area (Å²) in [6.45, 7) is 4.35. The fourth-order valence-electron chi connectivity index (χ4n) is 2.85. The standard InChI is InChI=1S/C22H20ClF2N5O2S/c1-2-11-30-19(9-10-26-21(32)15-5-3-4-6-17(15)24)28-29-22(30)33-13-20(31)27-14-7-8-18(25)16(23)12-14/h2-8,12H,1,9-11,13H2,(H,26,32)(H,27,31). The van der Waals surface area contributed by atoms with Gasteiger partial charge in [-0.1, -0.05) is 41.6 Å². The van der Waals surface area contributed by atoms with Crippen LogP contribution in [0.2, 0.25) is 5.02 Å². The number of carbonyl (C=O) groups excluding carboxylic acids is 2. The molecule has 0 fully saturated rings. The second-order valence-corrected chi connectivity index (χ2v) is 8.10. The van der Waals surface area contributed by atoms with Gasteiger partial charge in [0, 0.05) is 25.2 Å². The lowest BCUT2D eigenvalue weighted by Crippen LogP contribution is -2.27. The molecule has 33 heavy (non-hydrogen) atoms. The molecule has 7 nitrogen and oxygen atoms in total. The van der Waals surface area contributed by atoms with E-state index < -0.39 is 17.5 Å². The molecular formula is C22H20ClF2N5O2S. The molecule has 3 rings (SSSR count). The number of allylic oxidation sites excluding steroid dienone is 1. The highest BCUT2D eigenvalue weighted by Gasteiger charge is 2.15. The van der Waals surface area contributed by atoms with Gasteiger partial charge in [0.2, 0.25) is 5.91 Å². The molecule has 2 amide bonds. The molecule has 0 bridgehead atoms. The molecule has 1 heterocycles. The van der Waals surface area contributed by atoms with E-state index in [0.717, 1.165) is 0 Å². The minimum atomic E-state index is -0.593. The Labute approximate surface area is 198 Å². The molecule has 0 radical (unpaired) electrons. The molecule has 0 aliphatic rings. The molecule has 0 spiro atoms. The third-order valence-corrected chi connectivity index (χ3v) is 5.65. The molecule has 172 valence electrons. The normalized spacial score (nSPS) is 10.6. The lowest BCUT2D eigenvalue weighted by atomic mass is 10.2. The highest BCUT2D eigenvalue weighted by Crippen LogP contribution is 2.21. The van der Waals surface area contributed by atoms with Gasteiger partial charge in [0.1, 0.15) is 17.5 Å². The van der Waals surface area contributed by atoms with E-state index in [0.29, 0.717) is 29.6 Å². The maximum atomic E-state index is 13.7. The van der Waals surface area contributed by atoms with Crippen LogP contribution in [0, 0.1) is 11.6 Å². The first-order valence-electron chi connectivity index (χ1n) is 9.82. The first-order chi connectivity index (χ1) is 15.9. The van der Waals surface area contributed by atoms with Gasteiger partial charge in [0.15, 0.2) is 5.16 Å². The highest BCUT2D eigenvalue weighted by atomic mass is 35.5. The molecule has 1 aromatic heterocycles. The first kappa shape index (κ1) is 24.4. The first-order valence-corrected chi connectivity index (χ1v) is 11.2. The molecule has 3 aromatic rings. The van der Waals surface area contributed by atoms with Crippen molar-refractivity contribution >= 4 is 40.9 Å². The molecule has 2 aromatic carbocycles. The van der Waals surface area contributed by atoms with E-state index in [2.05, 4.69) is 27.4 Å². The van der Waals surface area contributed by atoms with Crippen LogP contribution < -0.4 is 10.6 Å². The SMILES string of the molecule is C=CCn1c(CCNC(=O)c2ccccc2F)nnc1SCC(=O)Nc1ccc(F)c(Cl)c1. The Morgan fingerprint density at radius 1 is 1.15 bits per heavy atom. The summed E-state index contributed by atoms with van der Waals surface area (Å²) in [7, 11) is 0. The van der Waals surface area contributed by atoms with E-state index in [1.807, 2.05) is 0 Å². The number of anilines is 1. The van der Waals surface area contributed by atoms with E-state index in [1.54, 1.807) is 16.7 Å². The third-order valence-electron chi connectivity index (χ3n) is 4.39. The van der Waals surface area contributed by atoms with Crippen LogP contribution in [-0.4, -0.2) is 38.9 Å². The minimum absolute atomic E-state index is 0.0326. The van der Waals surface area contributed by atoms with Crippen LogP contribution in [0.5, 0.6) is 0 Å². The Bertz CT molecular complexity index is 1170. The van der Waals surface area contributed by atoms with Gasteiger partial charge in [0.05, 0.1) is 16.3 Å². The average molecular weight is 492 g/mol. The van der Waals surface area contributed by atoms with Crippen LogP contribution in [0.1, 0.15) is 16.2 Å². The van der Waals surface area contributed by atoms with Crippen molar-refractivity contribution in [1.29, 1.82) is 0 Å². The highest BCUT2D eigenvalue weighted by molar-refractivity contribution is 7.99. The van der Waals surface area contributed by atoms with E-state index >= 15 is 0 Å². The van der Waals surface area contributed by atoms with Gasteiger partial charge >= 0.3 is 0 Å². The molecule has 0 unspecified atom stereocenters.